The number of nitrogens with one attached hydrogen (secondary N) is 2. The van der Waals surface area contributed by atoms with Crippen LogP contribution >= 0.6 is 0 Å². The van der Waals surface area contributed by atoms with Gasteiger partial charge in [-0.2, -0.15) is 0 Å². The van der Waals surface area contributed by atoms with Gasteiger partial charge in [-0.1, -0.05) is 17.3 Å². The second-order valence-corrected chi connectivity index (χ2v) is 6.05. The van der Waals surface area contributed by atoms with Crippen molar-refractivity contribution in [2.75, 3.05) is 19.6 Å². The summed E-state index contributed by atoms with van der Waals surface area (Å²) in [6.07, 6.45) is 1.44. The molecule has 124 valence electrons. The van der Waals surface area contributed by atoms with Crippen molar-refractivity contribution in [1.82, 2.24) is 10.6 Å². The van der Waals surface area contributed by atoms with Crippen LogP contribution in [0.1, 0.15) is 30.9 Å². The van der Waals surface area contributed by atoms with E-state index in [0.29, 0.717) is 24.2 Å². The predicted molar refractivity (Wildman–Crippen MR) is 82.3 cm³/mol. The topological polar surface area (TPSA) is 83.0 Å². The van der Waals surface area contributed by atoms with Crippen LogP contribution in [0.15, 0.2) is 29.4 Å². The van der Waals surface area contributed by atoms with E-state index in [2.05, 4.69) is 15.8 Å². The van der Waals surface area contributed by atoms with E-state index in [-0.39, 0.29) is 18.3 Å². The molecular formula is C16H20FN3O3. The number of benzene rings is 1. The molecule has 0 aromatic heterocycles. The van der Waals surface area contributed by atoms with E-state index in [1.54, 1.807) is 0 Å². The minimum absolute atomic E-state index is 0.0364. The van der Waals surface area contributed by atoms with Crippen LogP contribution in [0.2, 0.25) is 0 Å². The maximum Gasteiger partial charge on any atom is 0.269 e. The van der Waals surface area contributed by atoms with E-state index in [1.807, 2.05) is 0 Å². The molecule has 1 spiro atoms. The summed E-state index contributed by atoms with van der Waals surface area (Å²) < 4.78 is 12.9. The molecule has 2 aliphatic rings. The zero-order chi connectivity index (χ0) is 16.3. The van der Waals surface area contributed by atoms with E-state index in [1.165, 1.54) is 24.3 Å². The van der Waals surface area contributed by atoms with Crippen molar-refractivity contribution in [2.24, 2.45) is 5.16 Å². The van der Waals surface area contributed by atoms with E-state index in [0.717, 1.165) is 19.4 Å². The van der Waals surface area contributed by atoms with Crippen molar-refractivity contribution >= 4 is 11.6 Å². The summed E-state index contributed by atoms with van der Waals surface area (Å²) in [5.74, 6) is -0.706. The maximum atomic E-state index is 12.9. The van der Waals surface area contributed by atoms with Gasteiger partial charge in [0, 0.05) is 19.5 Å². The molecule has 23 heavy (non-hydrogen) atoms. The summed E-state index contributed by atoms with van der Waals surface area (Å²) in [6, 6.07) is 5.53. The SMILES string of the molecule is O=C(NCC(O)c1ccc(F)cc1)C1=NOC2(CCCNC2)C1. The Hall–Kier alpha value is -1.99. The van der Waals surface area contributed by atoms with Gasteiger partial charge in [0.25, 0.3) is 5.91 Å². The molecule has 0 radical (unpaired) electrons. The first-order valence-electron chi connectivity index (χ1n) is 7.75. The standard InChI is InChI=1S/C16H20FN3O3/c17-12-4-2-11(3-5-12)14(21)9-19-15(22)13-8-16(23-20-13)6-1-7-18-10-16/h2-5,14,18,21H,1,6-10H2,(H,19,22). The number of hydrogen-bond donors (Lipinski definition) is 3. The Kier molecular flexibility index (Phi) is 4.58. The van der Waals surface area contributed by atoms with E-state index < -0.39 is 11.7 Å². The van der Waals surface area contributed by atoms with Gasteiger partial charge in [-0.05, 0) is 37.1 Å². The fraction of sp³-hybridized carbons (Fsp3) is 0.500. The summed E-state index contributed by atoms with van der Waals surface area (Å²) in [5.41, 5.74) is 0.491. The van der Waals surface area contributed by atoms with Gasteiger partial charge in [0.2, 0.25) is 0 Å². The Labute approximate surface area is 133 Å². The summed E-state index contributed by atoms with van der Waals surface area (Å²) >= 11 is 0. The fourth-order valence-electron chi connectivity index (χ4n) is 2.91. The smallest absolute Gasteiger partial charge is 0.269 e. The third kappa shape index (κ3) is 3.68. The average molecular weight is 321 g/mol. The molecule has 2 unspecified atom stereocenters. The van der Waals surface area contributed by atoms with Crippen molar-refractivity contribution in [3.8, 4) is 0 Å². The molecule has 0 bridgehead atoms. The van der Waals surface area contributed by atoms with Crippen LogP contribution in [0, 0.1) is 5.82 Å². The number of amides is 1. The molecule has 2 atom stereocenters. The van der Waals surface area contributed by atoms with Gasteiger partial charge < -0.3 is 20.6 Å². The van der Waals surface area contributed by atoms with Crippen molar-refractivity contribution in [1.29, 1.82) is 0 Å². The largest absolute Gasteiger partial charge is 0.387 e. The molecule has 0 aliphatic carbocycles. The number of rotatable bonds is 4. The third-order valence-corrected chi connectivity index (χ3v) is 4.25. The summed E-state index contributed by atoms with van der Waals surface area (Å²) in [5, 5.41) is 19.8. The normalized spacial score (nSPS) is 24.9. The van der Waals surface area contributed by atoms with Crippen LogP contribution in [-0.4, -0.2) is 42.0 Å². The average Bonchev–Trinajstić information content (AvgIpc) is 2.97. The summed E-state index contributed by atoms with van der Waals surface area (Å²) in [4.78, 5) is 17.6. The number of carbonyl (C=O) groups excluding carboxylic acids is 1. The van der Waals surface area contributed by atoms with Crippen molar-refractivity contribution < 1.29 is 19.1 Å². The highest BCUT2D eigenvalue weighted by Gasteiger charge is 2.42. The van der Waals surface area contributed by atoms with E-state index >= 15 is 0 Å². The summed E-state index contributed by atoms with van der Waals surface area (Å²) in [7, 11) is 0. The monoisotopic (exact) mass is 321 g/mol. The fourth-order valence-corrected chi connectivity index (χ4v) is 2.91. The lowest BCUT2D eigenvalue weighted by atomic mass is 9.89. The molecular weight excluding hydrogens is 301 g/mol. The third-order valence-electron chi connectivity index (χ3n) is 4.25. The number of aliphatic hydroxyl groups is 1. The highest BCUT2D eigenvalue weighted by Crippen LogP contribution is 2.30. The Morgan fingerprint density at radius 1 is 1.48 bits per heavy atom. The van der Waals surface area contributed by atoms with Crippen molar-refractivity contribution in [3.05, 3.63) is 35.6 Å². The molecule has 1 aromatic rings. The number of nitrogens with zero attached hydrogens (tertiary/aromatic N) is 1. The lowest BCUT2D eigenvalue weighted by molar-refractivity contribution is -0.115. The number of hydrogen-bond acceptors (Lipinski definition) is 5. The molecule has 2 aliphatic heterocycles. The molecule has 1 saturated heterocycles. The second-order valence-electron chi connectivity index (χ2n) is 6.05. The number of aliphatic hydroxyl groups excluding tert-OH is 1. The molecule has 3 rings (SSSR count). The number of carbonyl (C=O) groups is 1. The van der Waals surface area contributed by atoms with Crippen LogP contribution in [0.4, 0.5) is 4.39 Å². The molecule has 0 saturated carbocycles. The number of oxime groups is 1. The van der Waals surface area contributed by atoms with Crippen LogP contribution in [-0.2, 0) is 9.63 Å². The van der Waals surface area contributed by atoms with Crippen LogP contribution in [0.5, 0.6) is 0 Å². The first-order chi connectivity index (χ1) is 11.1. The van der Waals surface area contributed by atoms with Gasteiger partial charge in [0.1, 0.15) is 11.5 Å². The Morgan fingerprint density at radius 3 is 2.96 bits per heavy atom. The lowest BCUT2D eigenvalue weighted by Gasteiger charge is -2.30. The van der Waals surface area contributed by atoms with Gasteiger partial charge in [0.15, 0.2) is 5.60 Å². The molecule has 2 heterocycles. The Morgan fingerprint density at radius 2 is 2.26 bits per heavy atom. The van der Waals surface area contributed by atoms with E-state index in [9.17, 15) is 14.3 Å². The zero-order valence-electron chi connectivity index (χ0n) is 12.7. The highest BCUT2D eigenvalue weighted by molar-refractivity contribution is 6.39. The predicted octanol–water partition coefficient (Wildman–Crippen LogP) is 0.874. The van der Waals surface area contributed by atoms with Gasteiger partial charge in [-0.15, -0.1) is 0 Å². The van der Waals surface area contributed by atoms with Gasteiger partial charge >= 0.3 is 0 Å². The Balaban J connectivity index is 1.51. The molecule has 6 nitrogen and oxygen atoms in total. The van der Waals surface area contributed by atoms with Crippen LogP contribution in [0.25, 0.3) is 0 Å². The molecule has 3 N–H and O–H groups in total. The first-order valence-corrected chi connectivity index (χ1v) is 7.75. The zero-order valence-corrected chi connectivity index (χ0v) is 12.7. The molecule has 7 heteroatoms. The van der Waals surface area contributed by atoms with Gasteiger partial charge in [0.05, 0.1) is 6.10 Å². The lowest BCUT2D eigenvalue weighted by Crippen LogP contribution is -2.46. The molecule has 1 fully saturated rings. The highest BCUT2D eigenvalue weighted by atomic mass is 19.1. The minimum Gasteiger partial charge on any atom is -0.387 e. The van der Waals surface area contributed by atoms with E-state index in [4.69, 9.17) is 4.84 Å². The van der Waals surface area contributed by atoms with Crippen LogP contribution < -0.4 is 10.6 Å². The summed E-state index contributed by atoms with van der Waals surface area (Å²) in [6.45, 7) is 1.68. The van der Waals surface area contributed by atoms with Crippen LogP contribution in [0.3, 0.4) is 0 Å². The molecule has 1 aromatic carbocycles. The maximum absolute atomic E-state index is 12.9. The number of halogens is 1. The van der Waals surface area contributed by atoms with Crippen molar-refractivity contribution in [3.63, 3.8) is 0 Å². The quantitative estimate of drug-likeness (QED) is 0.768. The van der Waals surface area contributed by atoms with Gasteiger partial charge in [-0.25, -0.2) is 4.39 Å². The first kappa shape index (κ1) is 15.9. The number of piperidine rings is 1. The van der Waals surface area contributed by atoms with Crippen molar-refractivity contribution in [2.45, 2.75) is 31.0 Å². The minimum atomic E-state index is -0.896. The second kappa shape index (κ2) is 6.64. The Bertz CT molecular complexity index is 597. The van der Waals surface area contributed by atoms with Gasteiger partial charge in [-0.3, -0.25) is 4.79 Å². The molecule has 1 amide bonds.